The van der Waals surface area contributed by atoms with Gasteiger partial charge in [0.2, 0.25) is 0 Å². The maximum absolute atomic E-state index is 13.4. The minimum absolute atomic E-state index is 0.0133. The summed E-state index contributed by atoms with van der Waals surface area (Å²) >= 11 is 5.55. The van der Waals surface area contributed by atoms with E-state index in [2.05, 4.69) is 11.9 Å². The molecule has 1 atom stereocenters. The molecular weight excluding hydrogens is 289 g/mol. The van der Waals surface area contributed by atoms with Crippen LogP contribution in [-0.2, 0) is 9.53 Å². The van der Waals surface area contributed by atoms with Crippen LogP contribution < -0.4 is 5.32 Å². The molecule has 1 aromatic carbocycles. The van der Waals surface area contributed by atoms with E-state index in [4.69, 9.17) is 21.4 Å². The van der Waals surface area contributed by atoms with Gasteiger partial charge in [0.25, 0.3) is 0 Å². The number of carbonyl (C=O) groups excluding carboxylic acids is 1. The Kier molecular flexibility index (Phi) is 5.99. The minimum Gasteiger partial charge on any atom is -0.481 e. The van der Waals surface area contributed by atoms with Crippen LogP contribution in [0.25, 0.3) is 0 Å². The number of benzene rings is 1. The first-order chi connectivity index (χ1) is 9.43. The molecule has 0 saturated carbocycles. The maximum atomic E-state index is 13.4. The molecule has 0 fully saturated rings. The number of alkyl carbamates (subject to hydrolysis) is 1. The number of hydrogen-bond donors (Lipinski definition) is 2. The lowest BCUT2D eigenvalue weighted by Gasteiger charge is -2.17. The molecule has 1 rings (SSSR count). The summed E-state index contributed by atoms with van der Waals surface area (Å²) in [6.07, 6.45) is 0.143. The fraction of sp³-hybridized carbons (Fsp3) is 0.231. The molecule has 0 aliphatic rings. The van der Waals surface area contributed by atoms with Crippen LogP contribution in [0, 0.1) is 5.82 Å². The fourth-order valence-corrected chi connectivity index (χ4v) is 1.59. The van der Waals surface area contributed by atoms with E-state index in [1.807, 2.05) is 0 Å². The number of rotatable bonds is 6. The average Bonchev–Trinajstić information content (AvgIpc) is 2.38. The molecule has 0 heterocycles. The van der Waals surface area contributed by atoms with Gasteiger partial charge in [-0.2, -0.15) is 0 Å². The van der Waals surface area contributed by atoms with Crippen LogP contribution in [0.2, 0.25) is 5.02 Å². The zero-order chi connectivity index (χ0) is 15.1. The number of amides is 1. The van der Waals surface area contributed by atoms with Gasteiger partial charge in [0.15, 0.2) is 0 Å². The molecular formula is C13H13ClFNO4. The second kappa shape index (κ2) is 7.49. The number of carbonyl (C=O) groups is 2. The molecule has 0 unspecified atom stereocenters. The largest absolute Gasteiger partial charge is 0.481 e. The van der Waals surface area contributed by atoms with Crippen molar-refractivity contribution in [2.75, 3.05) is 6.61 Å². The van der Waals surface area contributed by atoms with Crippen LogP contribution in [0.3, 0.4) is 0 Å². The van der Waals surface area contributed by atoms with Gasteiger partial charge in [0, 0.05) is 0 Å². The van der Waals surface area contributed by atoms with Crippen LogP contribution in [0.1, 0.15) is 18.0 Å². The molecule has 1 amide bonds. The van der Waals surface area contributed by atoms with E-state index < -0.39 is 30.3 Å². The highest BCUT2D eigenvalue weighted by Gasteiger charge is 2.19. The van der Waals surface area contributed by atoms with Crippen molar-refractivity contribution in [1.82, 2.24) is 5.32 Å². The number of nitrogens with one attached hydrogen (secondary N) is 1. The van der Waals surface area contributed by atoms with Crippen molar-refractivity contribution in [3.63, 3.8) is 0 Å². The quantitative estimate of drug-likeness (QED) is 0.792. The van der Waals surface area contributed by atoms with E-state index in [9.17, 15) is 14.0 Å². The summed E-state index contributed by atoms with van der Waals surface area (Å²) in [5, 5.41) is 11.1. The average molecular weight is 302 g/mol. The SMILES string of the molecule is C=CCOC(=O)N[C@H](CC(=O)O)c1ccc(Cl)c(F)c1. The second-order valence-electron chi connectivity index (χ2n) is 3.86. The lowest BCUT2D eigenvalue weighted by molar-refractivity contribution is -0.137. The van der Waals surface area contributed by atoms with Crippen LogP contribution in [0.5, 0.6) is 0 Å². The fourth-order valence-electron chi connectivity index (χ4n) is 1.47. The van der Waals surface area contributed by atoms with Gasteiger partial charge < -0.3 is 15.2 Å². The van der Waals surface area contributed by atoms with Gasteiger partial charge in [-0.05, 0) is 17.7 Å². The summed E-state index contributed by atoms with van der Waals surface area (Å²) in [4.78, 5) is 22.2. The van der Waals surface area contributed by atoms with Crippen molar-refractivity contribution in [3.8, 4) is 0 Å². The van der Waals surface area contributed by atoms with E-state index in [-0.39, 0.29) is 17.2 Å². The molecule has 108 valence electrons. The summed E-state index contributed by atoms with van der Waals surface area (Å²) in [5.74, 6) is -1.84. The highest BCUT2D eigenvalue weighted by molar-refractivity contribution is 6.30. The number of hydrogen-bond acceptors (Lipinski definition) is 3. The number of aliphatic carboxylic acids is 1. The number of carboxylic acids is 1. The summed E-state index contributed by atoms with van der Waals surface area (Å²) in [7, 11) is 0. The van der Waals surface area contributed by atoms with Gasteiger partial charge in [-0.1, -0.05) is 30.3 Å². The predicted molar refractivity (Wildman–Crippen MR) is 71.1 cm³/mol. The summed E-state index contributed by atoms with van der Waals surface area (Å²) in [6.45, 7) is 3.36. The highest BCUT2D eigenvalue weighted by Crippen LogP contribution is 2.22. The Morgan fingerprint density at radius 1 is 1.55 bits per heavy atom. The first-order valence-electron chi connectivity index (χ1n) is 5.65. The predicted octanol–water partition coefficient (Wildman–Crippen LogP) is 2.91. The molecule has 5 nitrogen and oxygen atoms in total. The Balaban J connectivity index is 2.87. The van der Waals surface area contributed by atoms with E-state index in [1.54, 1.807) is 0 Å². The molecule has 0 aromatic heterocycles. The molecule has 0 spiro atoms. The third-order valence-electron chi connectivity index (χ3n) is 2.35. The minimum atomic E-state index is -1.14. The van der Waals surface area contributed by atoms with Gasteiger partial charge in [-0.25, -0.2) is 9.18 Å². The molecule has 2 N–H and O–H groups in total. The number of ether oxygens (including phenoxy) is 1. The first-order valence-corrected chi connectivity index (χ1v) is 6.02. The smallest absolute Gasteiger partial charge is 0.407 e. The van der Waals surface area contributed by atoms with Crippen molar-refractivity contribution < 1.29 is 23.8 Å². The second-order valence-corrected chi connectivity index (χ2v) is 4.26. The maximum Gasteiger partial charge on any atom is 0.407 e. The Morgan fingerprint density at radius 3 is 2.80 bits per heavy atom. The summed E-state index contributed by atoms with van der Waals surface area (Å²) < 4.78 is 18.1. The van der Waals surface area contributed by atoms with Crippen molar-refractivity contribution in [3.05, 3.63) is 47.3 Å². The van der Waals surface area contributed by atoms with Gasteiger partial charge in [-0.15, -0.1) is 0 Å². The standard InChI is InChI=1S/C13H13ClFNO4/c1-2-5-20-13(19)16-11(7-12(17)18)8-3-4-9(14)10(15)6-8/h2-4,6,11H,1,5,7H2,(H,16,19)(H,17,18)/t11-/m1/s1. The topological polar surface area (TPSA) is 75.6 Å². The van der Waals surface area contributed by atoms with Gasteiger partial charge >= 0.3 is 12.1 Å². The van der Waals surface area contributed by atoms with Crippen LogP contribution in [0.4, 0.5) is 9.18 Å². The lowest BCUT2D eigenvalue weighted by Crippen LogP contribution is -2.30. The number of carboxylic acid groups (broad SMARTS) is 1. The Morgan fingerprint density at radius 2 is 2.25 bits per heavy atom. The van der Waals surface area contributed by atoms with E-state index in [0.29, 0.717) is 0 Å². The molecule has 0 aliphatic heterocycles. The van der Waals surface area contributed by atoms with Crippen molar-refractivity contribution in [1.29, 1.82) is 0 Å². The zero-order valence-corrected chi connectivity index (χ0v) is 11.2. The Labute approximate surface area is 120 Å². The van der Waals surface area contributed by atoms with E-state index >= 15 is 0 Å². The molecule has 0 aliphatic carbocycles. The monoisotopic (exact) mass is 301 g/mol. The zero-order valence-electron chi connectivity index (χ0n) is 10.4. The van der Waals surface area contributed by atoms with Crippen molar-refractivity contribution in [2.24, 2.45) is 0 Å². The number of halogens is 2. The molecule has 1 aromatic rings. The molecule has 0 radical (unpaired) electrons. The normalized spacial score (nSPS) is 11.5. The third kappa shape index (κ3) is 4.89. The third-order valence-corrected chi connectivity index (χ3v) is 2.66. The Bertz CT molecular complexity index is 521. The highest BCUT2D eigenvalue weighted by atomic mass is 35.5. The molecule has 7 heteroatoms. The van der Waals surface area contributed by atoms with Gasteiger partial charge in [0.1, 0.15) is 12.4 Å². The lowest BCUT2D eigenvalue weighted by atomic mass is 10.0. The van der Waals surface area contributed by atoms with Crippen molar-refractivity contribution >= 4 is 23.7 Å². The van der Waals surface area contributed by atoms with E-state index in [0.717, 1.165) is 6.07 Å². The molecule has 0 bridgehead atoms. The van der Waals surface area contributed by atoms with Crippen LogP contribution in [0.15, 0.2) is 30.9 Å². The summed E-state index contributed by atoms with van der Waals surface area (Å²) in [6, 6.07) is 2.88. The van der Waals surface area contributed by atoms with Crippen LogP contribution in [-0.4, -0.2) is 23.8 Å². The first kappa shape index (κ1) is 16.0. The molecule has 0 saturated heterocycles. The van der Waals surface area contributed by atoms with E-state index in [1.165, 1.54) is 18.2 Å². The Hall–Kier alpha value is -2.08. The van der Waals surface area contributed by atoms with Gasteiger partial charge in [-0.3, -0.25) is 4.79 Å². The summed E-state index contributed by atoms with van der Waals surface area (Å²) in [5.41, 5.74) is 0.282. The molecule has 20 heavy (non-hydrogen) atoms. The van der Waals surface area contributed by atoms with Crippen LogP contribution >= 0.6 is 11.6 Å². The van der Waals surface area contributed by atoms with Crippen molar-refractivity contribution in [2.45, 2.75) is 12.5 Å². The van der Waals surface area contributed by atoms with Gasteiger partial charge in [0.05, 0.1) is 17.5 Å².